The van der Waals surface area contributed by atoms with Crippen LogP contribution in [0.1, 0.15) is 35.6 Å². The zero-order valence-electron chi connectivity index (χ0n) is 33.8. The molecule has 3 nitrogen and oxygen atoms in total. The summed E-state index contributed by atoms with van der Waals surface area (Å²) in [5, 5.41) is 7.23. The van der Waals surface area contributed by atoms with Crippen LogP contribution in [-0.4, -0.2) is 10.3 Å². The van der Waals surface area contributed by atoms with E-state index in [2.05, 4.69) is 224 Å². The lowest BCUT2D eigenvalue weighted by Crippen LogP contribution is -2.11. The van der Waals surface area contributed by atoms with Crippen molar-refractivity contribution in [1.82, 2.24) is 4.57 Å². The number of hydrogen-bond donors (Lipinski definition) is 0. The first-order chi connectivity index (χ1) is 29.6. The van der Waals surface area contributed by atoms with Crippen LogP contribution in [0, 0.1) is 6.92 Å². The first-order valence-corrected chi connectivity index (χ1v) is 20.9. The number of fused-ring (bicyclic) bond motifs is 7. The Kier molecular flexibility index (Phi) is 8.74. The molecule has 0 unspecified atom stereocenters. The Labute approximate surface area is 350 Å². The Hall–Kier alpha value is -7.49. The van der Waals surface area contributed by atoms with Crippen LogP contribution in [0.25, 0.3) is 66.2 Å². The highest BCUT2D eigenvalue weighted by Crippen LogP contribution is 2.46. The van der Waals surface area contributed by atoms with Gasteiger partial charge in [0, 0.05) is 44.2 Å². The Bertz CT molecular complexity index is 3330. The molecule has 10 aromatic rings. The second kappa shape index (κ2) is 14.7. The van der Waals surface area contributed by atoms with E-state index in [0.29, 0.717) is 0 Å². The van der Waals surface area contributed by atoms with Gasteiger partial charge in [-0.3, -0.25) is 4.99 Å². The second-order valence-electron chi connectivity index (χ2n) is 15.9. The van der Waals surface area contributed by atoms with Gasteiger partial charge in [-0.25, -0.2) is 0 Å². The van der Waals surface area contributed by atoms with Crippen LogP contribution in [0.3, 0.4) is 0 Å². The lowest BCUT2D eigenvalue weighted by atomic mass is 9.94. The molecule has 0 atom stereocenters. The van der Waals surface area contributed by atoms with Gasteiger partial charge in [-0.1, -0.05) is 146 Å². The predicted molar refractivity (Wildman–Crippen MR) is 256 cm³/mol. The van der Waals surface area contributed by atoms with Crippen molar-refractivity contribution in [2.24, 2.45) is 4.99 Å². The van der Waals surface area contributed by atoms with E-state index < -0.39 is 0 Å². The number of anilines is 3. The van der Waals surface area contributed by atoms with Gasteiger partial charge >= 0.3 is 0 Å². The Morgan fingerprint density at radius 2 is 1.23 bits per heavy atom. The van der Waals surface area contributed by atoms with Crippen molar-refractivity contribution in [2.45, 2.75) is 26.7 Å². The number of aryl methyl sites for hydroxylation is 2. The van der Waals surface area contributed by atoms with E-state index in [4.69, 9.17) is 4.99 Å². The summed E-state index contributed by atoms with van der Waals surface area (Å²) in [7, 11) is 0. The molecule has 11 rings (SSSR count). The molecule has 0 saturated heterocycles. The molecule has 0 N–H and O–H groups in total. The predicted octanol–water partition coefficient (Wildman–Crippen LogP) is 15.6. The summed E-state index contributed by atoms with van der Waals surface area (Å²) < 4.78 is 2.40. The zero-order chi connectivity index (χ0) is 40.2. The molecule has 60 heavy (non-hydrogen) atoms. The summed E-state index contributed by atoms with van der Waals surface area (Å²) in [6, 6.07) is 68.6. The van der Waals surface area contributed by atoms with Crippen molar-refractivity contribution in [2.75, 3.05) is 4.90 Å². The Morgan fingerprint density at radius 1 is 0.550 bits per heavy atom. The molecule has 1 heterocycles. The van der Waals surface area contributed by atoms with Crippen LogP contribution >= 0.6 is 0 Å². The SMILES string of the molecule is C/C(=N\c1c(C)ccc2c1ccc1c(N(c3ccccc3)c3ccccc3-c3ccc4c5ccccc5n(-c5ccccc5)c4c3)cccc12)c1ccc2c(c1)CCC=C2. The number of allylic oxidation sites excluding steroid dienone is 1. The van der Waals surface area contributed by atoms with Crippen molar-refractivity contribution < 1.29 is 0 Å². The first-order valence-electron chi connectivity index (χ1n) is 20.9. The molecule has 0 fully saturated rings. The van der Waals surface area contributed by atoms with Gasteiger partial charge in [0.2, 0.25) is 0 Å². The van der Waals surface area contributed by atoms with Crippen molar-refractivity contribution >= 4 is 77.9 Å². The Morgan fingerprint density at radius 3 is 2.12 bits per heavy atom. The monoisotopic (exact) mass is 769 g/mol. The third-order valence-corrected chi connectivity index (χ3v) is 12.3. The van der Waals surface area contributed by atoms with E-state index in [9.17, 15) is 0 Å². The fraction of sp³-hybridized carbons (Fsp3) is 0.0702. The summed E-state index contributed by atoms with van der Waals surface area (Å²) in [5.41, 5.74) is 16.3. The van der Waals surface area contributed by atoms with Gasteiger partial charge < -0.3 is 9.47 Å². The highest BCUT2D eigenvalue weighted by atomic mass is 15.1. The van der Waals surface area contributed by atoms with Crippen LogP contribution in [0.15, 0.2) is 199 Å². The molecular weight excluding hydrogens is 727 g/mol. The number of para-hydroxylation sites is 4. The van der Waals surface area contributed by atoms with Gasteiger partial charge in [0.25, 0.3) is 0 Å². The molecule has 3 heteroatoms. The van der Waals surface area contributed by atoms with Crippen LogP contribution in [-0.2, 0) is 6.42 Å². The average Bonchev–Trinajstić information content (AvgIpc) is 3.64. The lowest BCUT2D eigenvalue weighted by Gasteiger charge is -2.29. The fourth-order valence-corrected chi connectivity index (χ4v) is 9.38. The number of hydrogen-bond acceptors (Lipinski definition) is 2. The molecule has 0 bridgehead atoms. The normalized spacial score (nSPS) is 12.7. The summed E-state index contributed by atoms with van der Waals surface area (Å²) in [4.78, 5) is 7.79. The van der Waals surface area contributed by atoms with Crippen molar-refractivity contribution in [3.8, 4) is 16.8 Å². The fourth-order valence-electron chi connectivity index (χ4n) is 9.38. The largest absolute Gasteiger partial charge is 0.309 e. The maximum Gasteiger partial charge on any atom is 0.0740 e. The number of rotatable bonds is 7. The summed E-state index contributed by atoms with van der Waals surface area (Å²) in [6.07, 6.45) is 6.68. The molecule has 0 spiro atoms. The summed E-state index contributed by atoms with van der Waals surface area (Å²) >= 11 is 0. The van der Waals surface area contributed by atoms with Gasteiger partial charge in [0.05, 0.1) is 28.1 Å². The minimum atomic E-state index is 1.03. The van der Waals surface area contributed by atoms with Gasteiger partial charge in [0.15, 0.2) is 0 Å². The van der Waals surface area contributed by atoms with Gasteiger partial charge in [0.1, 0.15) is 0 Å². The van der Waals surface area contributed by atoms with Crippen molar-refractivity contribution in [3.63, 3.8) is 0 Å². The van der Waals surface area contributed by atoms with Gasteiger partial charge in [-0.05, 0) is 120 Å². The number of aliphatic imine (C=N–C) groups is 1. The van der Waals surface area contributed by atoms with E-state index in [1.54, 1.807) is 0 Å². The maximum atomic E-state index is 5.36. The summed E-state index contributed by atoms with van der Waals surface area (Å²) in [5.74, 6) is 0. The van der Waals surface area contributed by atoms with Gasteiger partial charge in [-0.15, -0.1) is 0 Å². The van der Waals surface area contributed by atoms with Crippen LogP contribution in [0.4, 0.5) is 22.7 Å². The van der Waals surface area contributed by atoms with E-state index in [-0.39, 0.29) is 0 Å². The highest BCUT2D eigenvalue weighted by Gasteiger charge is 2.21. The number of aromatic nitrogens is 1. The topological polar surface area (TPSA) is 20.5 Å². The maximum absolute atomic E-state index is 5.36. The van der Waals surface area contributed by atoms with E-state index in [1.807, 2.05) is 0 Å². The number of benzene rings is 9. The zero-order valence-corrected chi connectivity index (χ0v) is 33.8. The molecule has 0 amide bonds. The molecule has 1 aliphatic rings. The van der Waals surface area contributed by atoms with Crippen LogP contribution in [0.2, 0.25) is 0 Å². The molecule has 0 saturated carbocycles. The molecular formula is C57H43N3. The molecule has 1 aliphatic carbocycles. The lowest BCUT2D eigenvalue weighted by molar-refractivity contribution is 0.985. The van der Waals surface area contributed by atoms with Crippen LogP contribution < -0.4 is 4.90 Å². The summed E-state index contributed by atoms with van der Waals surface area (Å²) in [6.45, 7) is 4.32. The third kappa shape index (κ3) is 6.01. The second-order valence-corrected chi connectivity index (χ2v) is 15.9. The molecule has 286 valence electrons. The molecule has 0 aliphatic heterocycles. The quantitative estimate of drug-likeness (QED) is 0.117. The molecule has 1 aromatic heterocycles. The first kappa shape index (κ1) is 35.7. The van der Waals surface area contributed by atoms with Crippen molar-refractivity contribution in [3.05, 3.63) is 216 Å². The molecule has 0 radical (unpaired) electrons. The average molecular weight is 770 g/mol. The molecule has 9 aromatic carbocycles. The standard InChI is InChI=1S/C57H43N3/c1-38-28-32-48-47-24-15-27-55(50(47)34-35-52(48)57(38)58-39(2)41-30-29-40-16-9-10-17-42(40)36-41)59(44-18-5-3-6-19-44)53-25-13-11-22-46(53)43-31-33-51-49-23-12-14-26-54(49)60(56(51)37-43)45-20-7-4-8-21-45/h3-9,11-16,18-37H,10,17H2,1-2H3/b58-39+. The van der Waals surface area contributed by atoms with Crippen molar-refractivity contribution in [1.29, 1.82) is 0 Å². The van der Waals surface area contributed by atoms with E-state index >= 15 is 0 Å². The smallest absolute Gasteiger partial charge is 0.0740 e. The minimum absolute atomic E-state index is 1.03. The highest BCUT2D eigenvalue weighted by molar-refractivity contribution is 6.17. The van der Waals surface area contributed by atoms with E-state index in [0.717, 1.165) is 63.5 Å². The minimum Gasteiger partial charge on any atom is -0.309 e. The third-order valence-electron chi connectivity index (χ3n) is 12.3. The van der Waals surface area contributed by atoms with Gasteiger partial charge in [-0.2, -0.15) is 0 Å². The number of nitrogens with zero attached hydrogens (tertiary/aromatic N) is 3. The van der Waals surface area contributed by atoms with Crippen LogP contribution in [0.5, 0.6) is 0 Å². The van der Waals surface area contributed by atoms with E-state index in [1.165, 1.54) is 60.2 Å². The Balaban J connectivity index is 1.08.